The molecule has 2 saturated heterocycles. The molecular formula is C16H18O5. The lowest BCUT2D eigenvalue weighted by atomic mass is 9.71. The molecular weight excluding hydrogens is 272 g/mol. The Morgan fingerprint density at radius 2 is 2.38 bits per heavy atom. The van der Waals surface area contributed by atoms with Crippen LogP contribution in [0.4, 0.5) is 0 Å². The van der Waals surface area contributed by atoms with Crippen LogP contribution in [0.1, 0.15) is 26.2 Å². The monoisotopic (exact) mass is 290 g/mol. The maximum absolute atomic E-state index is 12.2. The molecule has 0 radical (unpaired) electrons. The molecule has 5 bridgehead atoms. The van der Waals surface area contributed by atoms with Crippen LogP contribution in [0.2, 0.25) is 0 Å². The highest BCUT2D eigenvalue weighted by atomic mass is 16.7. The Labute approximate surface area is 122 Å². The van der Waals surface area contributed by atoms with Gasteiger partial charge < -0.3 is 14.2 Å². The molecule has 3 unspecified atom stereocenters. The summed E-state index contributed by atoms with van der Waals surface area (Å²) in [5.41, 5.74) is 1.51. The van der Waals surface area contributed by atoms with Gasteiger partial charge in [0.15, 0.2) is 0 Å². The number of esters is 2. The predicted octanol–water partition coefficient (Wildman–Crippen LogP) is 1.73. The SMILES string of the molecule is CCOC(=O)C1=C[C@H]2C3CC=C4C(C1)C(=O)OC42OCC3. The number of rotatable bonds is 2. The molecule has 0 amide bonds. The Hall–Kier alpha value is -1.62. The molecule has 4 rings (SSSR count). The van der Waals surface area contributed by atoms with Crippen molar-refractivity contribution in [3.8, 4) is 0 Å². The summed E-state index contributed by atoms with van der Waals surface area (Å²) in [4.78, 5) is 24.4. The first-order chi connectivity index (χ1) is 10.2. The van der Waals surface area contributed by atoms with Crippen molar-refractivity contribution in [2.45, 2.75) is 32.0 Å². The summed E-state index contributed by atoms with van der Waals surface area (Å²) in [5, 5.41) is 0. The molecule has 0 N–H and O–H groups in total. The standard InChI is InChI=1S/C16H18O5/c1-2-19-14(17)10-7-11-12-4-3-9-5-6-20-16(12,13(9)8-10)21-15(11)18/h4,8-9,11,13H,2-3,5-7H2,1H3/t9?,11?,13-,16?/m0/s1. The fourth-order valence-electron chi connectivity index (χ4n) is 4.12. The molecule has 4 atom stereocenters. The number of allylic oxidation sites excluding steroid dienone is 1. The average Bonchev–Trinajstić information content (AvgIpc) is 2.65. The number of carbonyl (C=O) groups excluding carboxylic acids is 2. The Morgan fingerprint density at radius 1 is 1.52 bits per heavy atom. The first-order valence-electron chi connectivity index (χ1n) is 7.61. The molecule has 0 aromatic carbocycles. The van der Waals surface area contributed by atoms with E-state index in [1.165, 1.54) is 0 Å². The molecule has 112 valence electrons. The number of carbonyl (C=O) groups is 2. The average molecular weight is 290 g/mol. The Kier molecular flexibility index (Phi) is 2.76. The van der Waals surface area contributed by atoms with Gasteiger partial charge in [-0.25, -0.2) is 4.79 Å². The van der Waals surface area contributed by atoms with Crippen LogP contribution in [0.25, 0.3) is 0 Å². The second-order valence-electron chi connectivity index (χ2n) is 6.08. The summed E-state index contributed by atoms with van der Waals surface area (Å²) < 4.78 is 16.7. The van der Waals surface area contributed by atoms with Crippen molar-refractivity contribution in [3.05, 3.63) is 23.3 Å². The highest BCUT2D eigenvalue weighted by molar-refractivity contribution is 5.91. The molecule has 2 aliphatic carbocycles. The van der Waals surface area contributed by atoms with Crippen LogP contribution in [-0.2, 0) is 23.8 Å². The minimum absolute atomic E-state index is 0.0675. The zero-order valence-corrected chi connectivity index (χ0v) is 12.0. The zero-order chi connectivity index (χ0) is 14.6. The van der Waals surface area contributed by atoms with Gasteiger partial charge >= 0.3 is 11.9 Å². The third-order valence-electron chi connectivity index (χ3n) is 5.05. The van der Waals surface area contributed by atoms with Crippen LogP contribution < -0.4 is 0 Å². The molecule has 2 aliphatic heterocycles. The van der Waals surface area contributed by atoms with Gasteiger partial charge in [0.2, 0.25) is 5.79 Å². The third-order valence-corrected chi connectivity index (χ3v) is 5.05. The van der Waals surface area contributed by atoms with E-state index in [-0.39, 0.29) is 17.9 Å². The zero-order valence-electron chi connectivity index (χ0n) is 12.0. The molecule has 1 spiro atoms. The second kappa shape index (κ2) is 4.44. The predicted molar refractivity (Wildman–Crippen MR) is 71.9 cm³/mol. The lowest BCUT2D eigenvalue weighted by molar-refractivity contribution is -0.242. The second-order valence-corrected chi connectivity index (χ2v) is 6.08. The Morgan fingerprint density at radius 3 is 3.19 bits per heavy atom. The molecule has 0 aromatic heterocycles. The summed E-state index contributed by atoms with van der Waals surface area (Å²) in [6.45, 7) is 2.72. The van der Waals surface area contributed by atoms with Gasteiger partial charge in [0.25, 0.3) is 0 Å². The van der Waals surface area contributed by atoms with E-state index in [4.69, 9.17) is 14.2 Å². The maximum Gasteiger partial charge on any atom is 0.333 e. The van der Waals surface area contributed by atoms with E-state index >= 15 is 0 Å². The van der Waals surface area contributed by atoms with Gasteiger partial charge in [0.05, 0.1) is 25.0 Å². The van der Waals surface area contributed by atoms with E-state index < -0.39 is 11.7 Å². The third kappa shape index (κ3) is 1.67. The number of ether oxygens (including phenoxy) is 3. The molecule has 0 saturated carbocycles. The minimum atomic E-state index is -0.947. The van der Waals surface area contributed by atoms with Crippen molar-refractivity contribution in [3.63, 3.8) is 0 Å². The topological polar surface area (TPSA) is 61.8 Å². The van der Waals surface area contributed by atoms with Crippen LogP contribution in [0, 0.1) is 17.8 Å². The van der Waals surface area contributed by atoms with E-state index in [1.54, 1.807) is 6.92 Å². The quantitative estimate of drug-likeness (QED) is 0.572. The van der Waals surface area contributed by atoms with Gasteiger partial charge in [-0.15, -0.1) is 0 Å². The van der Waals surface area contributed by atoms with Gasteiger partial charge in [-0.1, -0.05) is 12.2 Å². The van der Waals surface area contributed by atoms with Gasteiger partial charge in [-0.3, -0.25) is 4.79 Å². The van der Waals surface area contributed by atoms with E-state index in [9.17, 15) is 9.59 Å². The Balaban J connectivity index is 1.82. The van der Waals surface area contributed by atoms with Gasteiger partial charge in [-0.05, 0) is 32.1 Å². The fraction of sp³-hybridized carbons (Fsp3) is 0.625. The van der Waals surface area contributed by atoms with Crippen LogP contribution in [0.3, 0.4) is 0 Å². The summed E-state index contributed by atoms with van der Waals surface area (Å²) >= 11 is 0. The highest BCUT2D eigenvalue weighted by Crippen LogP contribution is 2.56. The molecule has 5 nitrogen and oxygen atoms in total. The largest absolute Gasteiger partial charge is 0.463 e. The smallest absolute Gasteiger partial charge is 0.333 e. The summed E-state index contributed by atoms with van der Waals surface area (Å²) in [5.74, 6) is -1.65. The Bertz CT molecular complexity index is 575. The van der Waals surface area contributed by atoms with Gasteiger partial charge in [0, 0.05) is 11.1 Å². The van der Waals surface area contributed by atoms with Crippen molar-refractivity contribution in [2.24, 2.45) is 17.8 Å². The summed E-state index contributed by atoms with van der Waals surface area (Å²) in [6.07, 6.45) is 6.24. The number of hydrogen-bond acceptors (Lipinski definition) is 5. The molecule has 2 fully saturated rings. The van der Waals surface area contributed by atoms with E-state index in [0.29, 0.717) is 31.1 Å². The molecule has 2 heterocycles. The van der Waals surface area contributed by atoms with Gasteiger partial charge in [-0.2, -0.15) is 0 Å². The molecule has 5 heteroatoms. The lowest BCUT2D eigenvalue weighted by Gasteiger charge is -2.46. The number of hydrogen-bond donors (Lipinski definition) is 0. The molecule has 0 aromatic rings. The lowest BCUT2D eigenvalue weighted by Crippen LogP contribution is -2.50. The van der Waals surface area contributed by atoms with Crippen molar-refractivity contribution < 1.29 is 23.8 Å². The van der Waals surface area contributed by atoms with E-state index in [2.05, 4.69) is 6.08 Å². The minimum Gasteiger partial charge on any atom is -0.463 e. The first-order valence-corrected chi connectivity index (χ1v) is 7.61. The summed E-state index contributed by atoms with van der Waals surface area (Å²) in [6, 6.07) is 0. The van der Waals surface area contributed by atoms with Crippen LogP contribution in [0.5, 0.6) is 0 Å². The van der Waals surface area contributed by atoms with Crippen molar-refractivity contribution in [1.29, 1.82) is 0 Å². The van der Waals surface area contributed by atoms with Crippen LogP contribution in [-0.4, -0.2) is 30.9 Å². The highest BCUT2D eigenvalue weighted by Gasteiger charge is 2.63. The van der Waals surface area contributed by atoms with E-state index in [1.807, 2.05) is 6.08 Å². The van der Waals surface area contributed by atoms with Gasteiger partial charge in [0.1, 0.15) is 0 Å². The maximum atomic E-state index is 12.2. The molecule has 21 heavy (non-hydrogen) atoms. The van der Waals surface area contributed by atoms with Crippen LogP contribution in [0.15, 0.2) is 23.3 Å². The fourth-order valence-corrected chi connectivity index (χ4v) is 4.12. The van der Waals surface area contributed by atoms with Crippen molar-refractivity contribution in [2.75, 3.05) is 13.2 Å². The van der Waals surface area contributed by atoms with Crippen molar-refractivity contribution >= 4 is 11.9 Å². The first kappa shape index (κ1) is 13.1. The summed E-state index contributed by atoms with van der Waals surface area (Å²) in [7, 11) is 0. The van der Waals surface area contributed by atoms with Crippen LogP contribution >= 0.6 is 0 Å². The normalized spacial score (nSPS) is 39.9. The van der Waals surface area contributed by atoms with E-state index in [0.717, 1.165) is 18.4 Å². The van der Waals surface area contributed by atoms with Crippen molar-refractivity contribution in [1.82, 2.24) is 0 Å². The molecule has 4 aliphatic rings.